The first-order chi connectivity index (χ1) is 13.0. The molecule has 28 heavy (non-hydrogen) atoms. The number of carbonyl (C=O) groups excluding carboxylic acids is 1. The molecule has 0 amide bonds. The van der Waals surface area contributed by atoms with Crippen LogP contribution in [0.2, 0.25) is 18.1 Å². The third kappa shape index (κ3) is 5.56. The van der Waals surface area contributed by atoms with Crippen LogP contribution in [0.25, 0.3) is 0 Å². The standard InChI is InChI=1S/C21H33IO5Si/c1-8-24-20-16(22)18(27-28(6,7)21(3,4)5)17(14(2)25-20)26-19(23)15-12-10-9-11-13-15/h9-14,16-18,20H,8H2,1-7H3/t14-,16+,17-,18-,20+/m1/s1. The molecule has 0 bridgehead atoms. The van der Waals surface area contributed by atoms with E-state index in [9.17, 15) is 4.79 Å². The molecule has 2 rings (SSSR count). The third-order valence-corrected chi connectivity index (χ3v) is 11.3. The Kier molecular flexibility index (Phi) is 8.12. The summed E-state index contributed by atoms with van der Waals surface area (Å²) >= 11 is 2.31. The molecule has 0 aliphatic carbocycles. The molecule has 0 saturated carbocycles. The van der Waals surface area contributed by atoms with E-state index in [0.717, 1.165) is 0 Å². The molecular formula is C21H33IO5Si. The van der Waals surface area contributed by atoms with Gasteiger partial charge in [0.1, 0.15) is 6.10 Å². The van der Waals surface area contributed by atoms with Gasteiger partial charge >= 0.3 is 5.97 Å². The van der Waals surface area contributed by atoms with Crippen molar-refractivity contribution in [3.63, 3.8) is 0 Å². The van der Waals surface area contributed by atoms with Gasteiger partial charge in [0.2, 0.25) is 0 Å². The Morgan fingerprint density at radius 2 is 1.79 bits per heavy atom. The minimum Gasteiger partial charge on any atom is -0.453 e. The Morgan fingerprint density at radius 3 is 2.32 bits per heavy atom. The van der Waals surface area contributed by atoms with Gasteiger partial charge in [0.25, 0.3) is 0 Å². The largest absolute Gasteiger partial charge is 0.453 e. The van der Waals surface area contributed by atoms with E-state index in [4.69, 9.17) is 18.6 Å². The van der Waals surface area contributed by atoms with E-state index in [1.54, 1.807) is 12.1 Å². The molecule has 1 fully saturated rings. The lowest BCUT2D eigenvalue weighted by molar-refractivity contribution is -0.234. The molecule has 7 heteroatoms. The number of hydrogen-bond acceptors (Lipinski definition) is 5. The summed E-state index contributed by atoms with van der Waals surface area (Å²) in [7, 11) is -2.10. The summed E-state index contributed by atoms with van der Waals surface area (Å²) in [5.74, 6) is -0.358. The van der Waals surface area contributed by atoms with Crippen molar-refractivity contribution in [3.05, 3.63) is 35.9 Å². The van der Waals surface area contributed by atoms with Crippen molar-refractivity contribution >= 4 is 36.9 Å². The van der Waals surface area contributed by atoms with Crippen molar-refractivity contribution in [3.8, 4) is 0 Å². The van der Waals surface area contributed by atoms with Crippen LogP contribution in [0.3, 0.4) is 0 Å². The number of halogens is 1. The van der Waals surface area contributed by atoms with E-state index in [0.29, 0.717) is 12.2 Å². The lowest BCUT2D eigenvalue weighted by Crippen LogP contribution is -2.61. The molecule has 1 heterocycles. The van der Waals surface area contributed by atoms with Crippen molar-refractivity contribution < 1.29 is 23.4 Å². The predicted molar refractivity (Wildman–Crippen MR) is 121 cm³/mol. The van der Waals surface area contributed by atoms with Crippen LogP contribution in [0.15, 0.2) is 30.3 Å². The van der Waals surface area contributed by atoms with Gasteiger partial charge in [-0.3, -0.25) is 0 Å². The molecule has 5 nitrogen and oxygen atoms in total. The average Bonchev–Trinajstić information content (AvgIpc) is 2.62. The van der Waals surface area contributed by atoms with E-state index in [1.807, 2.05) is 32.0 Å². The Bertz CT molecular complexity index is 646. The van der Waals surface area contributed by atoms with E-state index < -0.39 is 14.4 Å². The highest BCUT2D eigenvalue weighted by Gasteiger charge is 2.50. The summed E-state index contributed by atoms with van der Waals surface area (Å²) in [6.07, 6.45) is -1.51. The summed E-state index contributed by atoms with van der Waals surface area (Å²) in [4.78, 5) is 12.7. The Morgan fingerprint density at radius 1 is 1.18 bits per heavy atom. The van der Waals surface area contributed by atoms with Crippen molar-refractivity contribution in [1.82, 2.24) is 0 Å². The molecule has 1 aromatic carbocycles. The van der Waals surface area contributed by atoms with Gasteiger partial charge in [-0.2, -0.15) is 0 Å². The van der Waals surface area contributed by atoms with Crippen LogP contribution >= 0.6 is 22.6 Å². The lowest BCUT2D eigenvalue weighted by Gasteiger charge is -2.48. The highest BCUT2D eigenvalue weighted by molar-refractivity contribution is 14.1. The highest BCUT2D eigenvalue weighted by atomic mass is 127. The monoisotopic (exact) mass is 520 g/mol. The summed E-state index contributed by atoms with van der Waals surface area (Å²) < 4.78 is 24.4. The highest BCUT2D eigenvalue weighted by Crippen LogP contribution is 2.41. The van der Waals surface area contributed by atoms with E-state index in [-0.39, 0.29) is 33.4 Å². The van der Waals surface area contributed by atoms with Crippen molar-refractivity contribution in [2.75, 3.05) is 6.61 Å². The van der Waals surface area contributed by atoms with Gasteiger partial charge in [-0.15, -0.1) is 0 Å². The average molecular weight is 520 g/mol. The second-order valence-corrected chi connectivity index (χ2v) is 14.9. The third-order valence-electron chi connectivity index (χ3n) is 5.53. The van der Waals surface area contributed by atoms with Crippen LogP contribution in [-0.2, 0) is 18.6 Å². The minimum absolute atomic E-state index is 0.0417. The van der Waals surface area contributed by atoms with Gasteiger partial charge in [-0.25, -0.2) is 4.79 Å². The quantitative estimate of drug-likeness (QED) is 0.224. The number of carbonyl (C=O) groups is 1. The van der Waals surface area contributed by atoms with Crippen LogP contribution in [-0.4, -0.2) is 49.4 Å². The first-order valence-corrected chi connectivity index (χ1v) is 14.0. The molecular weight excluding hydrogens is 487 g/mol. The zero-order valence-electron chi connectivity index (χ0n) is 17.9. The molecule has 1 aliphatic rings. The summed E-state index contributed by atoms with van der Waals surface area (Å²) in [6.45, 7) is 15.4. The van der Waals surface area contributed by atoms with Crippen LogP contribution < -0.4 is 0 Å². The number of alkyl halides is 1. The SMILES string of the molecule is CCO[C@H]1O[C@H](C)[C@@H](OC(=O)c2ccccc2)[C@H](O[Si](C)(C)C(C)(C)C)[C@@H]1I. The molecule has 1 saturated heterocycles. The fourth-order valence-electron chi connectivity index (χ4n) is 2.84. The fourth-order valence-corrected chi connectivity index (χ4v) is 5.37. The van der Waals surface area contributed by atoms with Gasteiger partial charge in [-0.05, 0) is 44.1 Å². The smallest absolute Gasteiger partial charge is 0.338 e. The number of ether oxygens (including phenoxy) is 3. The molecule has 0 spiro atoms. The normalized spacial score (nSPS) is 28.8. The Hall–Kier alpha value is -0.483. The van der Waals surface area contributed by atoms with Gasteiger partial charge in [0.05, 0.1) is 15.6 Å². The zero-order chi connectivity index (χ0) is 21.1. The topological polar surface area (TPSA) is 54.0 Å². The van der Waals surface area contributed by atoms with Crippen LogP contribution in [0, 0.1) is 0 Å². The number of hydrogen-bond donors (Lipinski definition) is 0. The van der Waals surface area contributed by atoms with E-state index >= 15 is 0 Å². The second-order valence-electron chi connectivity index (χ2n) is 8.69. The zero-order valence-corrected chi connectivity index (χ0v) is 21.1. The molecule has 0 unspecified atom stereocenters. The predicted octanol–water partition coefficient (Wildman–Crippen LogP) is 5.19. The first-order valence-electron chi connectivity index (χ1n) is 9.83. The maximum atomic E-state index is 12.7. The molecule has 0 radical (unpaired) electrons. The molecule has 1 aliphatic heterocycles. The fraction of sp³-hybridized carbons (Fsp3) is 0.667. The van der Waals surface area contributed by atoms with Crippen LogP contribution in [0.1, 0.15) is 45.0 Å². The minimum atomic E-state index is -2.10. The summed E-state index contributed by atoms with van der Waals surface area (Å²) in [5, 5.41) is 0.0417. The van der Waals surface area contributed by atoms with Crippen molar-refractivity contribution in [2.45, 2.75) is 81.3 Å². The van der Waals surface area contributed by atoms with Crippen LogP contribution in [0.5, 0.6) is 0 Å². The van der Waals surface area contributed by atoms with E-state index in [2.05, 4.69) is 56.5 Å². The molecule has 0 N–H and O–H groups in total. The lowest BCUT2D eigenvalue weighted by atomic mass is 10.0. The maximum Gasteiger partial charge on any atom is 0.338 e. The molecule has 0 aromatic heterocycles. The summed E-state index contributed by atoms with van der Waals surface area (Å²) in [6, 6.07) is 9.04. The number of benzene rings is 1. The van der Waals surface area contributed by atoms with E-state index in [1.165, 1.54) is 0 Å². The van der Waals surface area contributed by atoms with Gasteiger partial charge in [0.15, 0.2) is 20.7 Å². The second kappa shape index (κ2) is 9.55. The van der Waals surface area contributed by atoms with Gasteiger partial charge < -0.3 is 18.6 Å². The molecule has 5 atom stereocenters. The molecule has 1 aromatic rings. The molecule has 158 valence electrons. The van der Waals surface area contributed by atoms with Gasteiger partial charge in [0, 0.05) is 6.61 Å². The maximum absolute atomic E-state index is 12.7. The Balaban J connectivity index is 2.29. The Labute approximate surface area is 183 Å². The summed E-state index contributed by atoms with van der Waals surface area (Å²) in [5.41, 5.74) is 0.526. The van der Waals surface area contributed by atoms with Crippen molar-refractivity contribution in [2.24, 2.45) is 0 Å². The van der Waals surface area contributed by atoms with Crippen LogP contribution in [0.4, 0.5) is 0 Å². The van der Waals surface area contributed by atoms with Gasteiger partial charge in [-0.1, -0.05) is 61.6 Å². The first kappa shape index (κ1) is 23.8. The number of esters is 1. The van der Waals surface area contributed by atoms with Crippen molar-refractivity contribution in [1.29, 1.82) is 0 Å². The number of rotatable bonds is 6.